The molecule has 1 N–H and O–H groups in total. The van der Waals surface area contributed by atoms with E-state index in [1.807, 2.05) is 0 Å². The first-order chi connectivity index (χ1) is 15.7. The minimum Gasteiger partial charge on any atom is -0.493 e. The van der Waals surface area contributed by atoms with Gasteiger partial charge in [-0.15, -0.1) is 0 Å². The summed E-state index contributed by atoms with van der Waals surface area (Å²) < 4.78 is 37.0. The number of anilines is 2. The van der Waals surface area contributed by atoms with Crippen LogP contribution in [0.3, 0.4) is 0 Å². The normalized spacial score (nSPS) is 15.2. The van der Waals surface area contributed by atoms with Crippen LogP contribution in [0.5, 0.6) is 11.5 Å². The Balaban J connectivity index is 1.46. The first kappa shape index (κ1) is 23.6. The van der Waals surface area contributed by atoms with Crippen LogP contribution in [-0.2, 0) is 25.8 Å². The van der Waals surface area contributed by atoms with Gasteiger partial charge in [0.15, 0.2) is 21.3 Å². The molecule has 0 saturated heterocycles. The first-order valence-corrected chi connectivity index (χ1v) is 13.1. The number of rotatable bonds is 8. The molecular formula is C23H25BrN2O6S. The summed E-state index contributed by atoms with van der Waals surface area (Å²) in [6, 6.07) is 8.24. The van der Waals surface area contributed by atoms with Crippen molar-refractivity contribution >= 4 is 49.0 Å². The Bertz CT molecular complexity index is 1210. The van der Waals surface area contributed by atoms with Crippen molar-refractivity contribution in [2.75, 3.05) is 36.7 Å². The molecule has 4 rings (SSSR count). The molecule has 176 valence electrons. The van der Waals surface area contributed by atoms with Crippen molar-refractivity contribution in [2.24, 2.45) is 5.92 Å². The van der Waals surface area contributed by atoms with Crippen LogP contribution in [-0.4, -0.2) is 46.7 Å². The fraction of sp³-hybridized carbons (Fsp3) is 0.391. The summed E-state index contributed by atoms with van der Waals surface area (Å²) in [4.78, 5) is 26.8. The zero-order chi connectivity index (χ0) is 23.8. The van der Waals surface area contributed by atoms with Gasteiger partial charge < -0.3 is 19.7 Å². The Morgan fingerprint density at radius 1 is 1.12 bits per heavy atom. The SMILES string of the molecule is COc1ccc(NC(=O)CCS(=O)(=O)c2cc3c(cc2Br)CCN3C(=O)C2CC2)cc1OC. The van der Waals surface area contributed by atoms with E-state index in [0.29, 0.717) is 40.3 Å². The molecule has 1 aliphatic heterocycles. The van der Waals surface area contributed by atoms with Crippen LogP contribution >= 0.6 is 15.9 Å². The second-order valence-electron chi connectivity index (χ2n) is 8.11. The lowest BCUT2D eigenvalue weighted by atomic mass is 10.2. The number of sulfone groups is 1. The van der Waals surface area contributed by atoms with Crippen LogP contribution in [0.4, 0.5) is 11.4 Å². The molecule has 1 aliphatic carbocycles. The van der Waals surface area contributed by atoms with Crippen molar-refractivity contribution in [2.45, 2.75) is 30.6 Å². The average Bonchev–Trinajstić information content (AvgIpc) is 3.56. The predicted octanol–water partition coefficient (Wildman–Crippen LogP) is 3.57. The van der Waals surface area contributed by atoms with E-state index >= 15 is 0 Å². The number of amides is 2. The molecular weight excluding hydrogens is 512 g/mol. The minimum absolute atomic E-state index is 0.0555. The van der Waals surface area contributed by atoms with Crippen molar-refractivity contribution in [3.05, 3.63) is 40.4 Å². The summed E-state index contributed by atoms with van der Waals surface area (Å²) >= 11 is 3.37. The van der Waals surface area contributed by atoms with Crippen LogP contribution in [0.1, 0.15) is 24.8 Å². The molecule has 0 radical (unpaired) electrons. The highest BCUT2D eigenvalue weighted by Crippen LogP contribution is 2.40. The third-order valence-electron chi connectivity index (χ3n) is 5.82. The van der Waals surface area contributed by atoms with E-state index in [-0.39, 0.29) is 28.9 Å². The zero-order valence-corrected chi connectivity index (χ0v) is 20.8. The fourth-order valence-corrected chi connectivity index (χ4v) is 6.33. The van der Waals surface area contributed by atoms with Crippen molar-refractivity contribution in [3.8, 4) is 11.5 Å². The van der Waals surface area contributed by atoms with Crippen molar-refractivity contribution < 1.29 is 27.5 Å². The number of fused-ring (bicyclic) bond motifs is 1. The second kappa shape index (κ2) is 9.34. The van der Waals surface area contributed by atoms with E-state index in [2.05, 4.69) is 21.2 Å². The highest BCUT2D eigenvalue weighted by Gasteiger charge is 2.37. The predicted molar refractivity (Wildman–Crippen MR) is 128 cm³/mol. The minimum atomic E-state index is -3.77. The van der Waals surface area contributed by atoms with E-state index in [1.165, 1.54) is 14.2 Å². The second-order valence-corrected chi connectivity index (χ2v) is 11.0. The van der Waals surface area contributed by atoms with Crippen molar-refractivity contribution in [1.29, 1.82) is 0 Å². The van der Waals surface area contributed by atoms with E-state index in [1.54, 1.807) is 35.2 Å². The number of hydrogen-bond acceptors (Lipinski definition) is 6. The van der Waals surface area contributed by atoms with Gasteiger partial charge in [-0.3, -0.25) is 9.59 Å². The maximum atomic E-state index is 13.1. The molecule has 0 spiro atoms. The number of nitrogens with zero attached hydrogens (tertiary/aromatic N) is 1. The molecule has 8 nitrogen and oxygen atoms in total. The molecule has 1 fully saturated rings. The molecule has 0 unspecified atom stereocenters. The van der Waals surface area contributed by atoms with E-state index < -0.39 is 15.7 Å². The Morgan fingerprint density at radius 2 is 1.85 bits per heavy atom. The number of nitrogens with one attached hydrogen (secondary N) is 1. The van der Waals surface area contributed by atoms with Gasteiger partial charge in [0.2, 0.25) is 11.8 Å². The maximum Gasteiger partial charge on any atom is 0.230 e. The summed E-state index contributed by atoms with van der Waals surface area (Å²) in [5.41, 5.74) is 2.08. The molecule has 2 amide bonds. The van der Waals surface area contributed by atoms with Crippen LogP contribution < -0.4 is 19.7 Å². The zero-order valence-electron chi connectivity index (χ0n) is 18.4. The maximum absolute atomic E-state index is 13.1. The monoisotopic (exact) mass is 536 g/mol. The first-order valence-electron chi connectivity index (χ1n) is 10.6. The average molecular weight is 537 g/mol. The van der Waals surface area contributed by atoms with E-state index in [0.717, 1.165) is 18.4 Å². The van der Waals surface area contributed by atoms with Gasteiger partial charge in [0.05, 0.1) is 24.9 Å². The number of halogens is 1. The summed E-state index contributed by atoms with van der Waals surface area (Å²) in [6.07, 6.45) is 2.26. The quantitative estimate of drug-likeness (QED) is 0.553. The standard InChI is InChI=1S/C23H25BrN2O6S/c1-31-19-6-5-16(12-20(19)32-2)25-22(27)8-10-33(29,30)21-13-18-15(11-17(21)24)7-9-26(18)23(28)14-3-4-14/h5-6,11-14H,3-4,7-10H2,1-2H3,(H,25,27). The number of carbonyl (C=O) groups excluding carboxylic acids is 2. The van der Waals surface area contributed by atoms with Gasteiger partial charge in [-0.1, -0.05) is 0 Å². The fourth-order valence-electron chi connectivity index (χ4n) is 3.88. The molecule has 10 heteroatoms. The lowest BCUT2D eigenvalue weighted by Crippen LogP contribution is -2.30. The van der Waals surface area contributed by atoms with Crippen LogP contribution in [0.15, 0.2) is 39.7 Å². The van der Waals surface area contributed by atoms with E-state index in [4.69, 9.17) is 9.47 Å². The Morgan fingerprint density at radius 3 is 2.52 bits per heavy atom. The van der Waals surface area contributed by atoms with Gasteiger partial charge in [0.25, 0.3) is 0 Å². The molecule has 0 bridgehead atoms. The molecule has 0 aromatic heterocycles. The van der Waals surface area contributed by atoms with Crippen LogP contribution in [0.25, 0.3) is 0 Å². The van der Waals surface area contributed by atoms with E-state index in [9.17, 15) is 18.0 Å². The number of methoxy groups -OCH3 is 2. The lowest BCUT2D eigenvalue weighted by Gasteiger charge is -2.18. The Kier molecular flexibility index (Phi) is 6.67. The molecule has 2 aromatic rings. The van der Waals surface area contributed by atoms with Crippen LogP contribution in [0.2, 0.25) is 0 Å². The van der Waals surface area contributed by atoms with Crippen LogP contribution in [0, 0.1) is 5.92 Å². The highest BCUT2D eigenvalue weighted by molar-refractivity contribution is 9.10. The summed E-state index contributed by atoms with van der Waals surface area (Å²) in [7, 11) is -0.765. The van der Waals surface area contributed by atoms with Gasteiger partial charge in [-0.25, -0.2) is 8.42 Å². The topological polar surface area (TPSA) is 102 Å². The third-order valence-corrected chi connectivity index (χ3v) is 8.49. The number of carbonyl (C=O) groups is 2. The van der Waals surface area contributed by atoms with Gasteiger partial charge in [0, 0.05) is 40.8 Å². The molecule has 1 heterocycles. The lowest BCUT2D eigenvalue weighted by molar-refractivity contribution is -0.119. The van der Waals surface area contributed by atoms with Gasteiger partial charge in [0.1, 0.15) is 0 Å². The summed E-state index contributed by atoms with van der Waals surface area (Å²) in [6.45, 7) is 0.564. The molecule has 0 atom stereocenters. The van der Waals surface area contributed by atoms with Gasteiger partial charge >= 0.3 is 0 Å². The van der Waals surface area contributed by atoms with Gasteiger partial charge in [-0.2, -0.15) is 0 Å². The Hall–Kier alpha value is -2.59. The molecule has 1 saturated carbocycles. The molecule has 2 aromatic carbocycles. The molecule has 2 aliphatic rings. The summed E-state index contributed by atoms with van der Waals surface area (Å²) in [5, 5.41) is 2.69. The summed E-state index contributed by atoms with van der Waals surface area (Å²) in [5.74, 6) is 0.298. The third kappa shape index (κ3) is 5.01. The Labute approximate surface area is 201 Å². The molecule has 33 heavy (non-hydrogen) atoms. The largest absolute Gasteiger partial charge is 0.493 e. The number of benzene rings is 2. The van der Waals surface area contributed by atoms with Crippen molar-refractivity contribution in [1.82, 2.24) is 0 Å². The number of ether oxygens (including phenoxy) is 2. The smallest absolute Gasteiger partial charge is 0.230 e. The highest BCUT2D eigenvalue weighted by atomic mass is 79.9. The number of hydrogen-bond donors (Lipinski definition) is 1. The van der Waals surface area contributed by atoms with Gasteiger partial charge in [-0.05, 0) is 65.0 Å². The van der Waals surface area contributed by atoms with Crippen molar-refractivity contribution in [3.63, 3.8) is 0 Å².